The second-order valence-electron chi connectivity index (χ2n) is 8.92. The van der Waals surface area contributed by atoms with Gasteiger partial charge in [-0.05, 0) is 63.3 Å². The Morgan fingerprint density at radius 2 is 1.81 bits per heavy atom. The fraction of sp³-hybridized carbons (Fsp3) is 0.478. The lowest BCUT2D eigenvalue weighted by molar-refractivity contribution is 0.393. The van der Waals surface area contributed by atoms with Crippen LogP contribution in [0.2, 0.25) is 0 Å². The third-order valence-corrected chi connectivity index (χ3v) is 8.20. The Hall–Kier alpha value is -2.65. The van der Waals surface area contributed by atoms with E-state index in [0.717, 1.165) is 57.2 Å². The molecule has 3 heterocycles. The second-order valence-corrected chi connectivity index (χ2v) is 10.6. The highest BCUT2D eigenvalue weighted by molar-refractivity contribution is 7.89. The third-order valence-electron chi connectivity index (χ3n) is 6.64. The summed E-state index contributed by atoms with van der Waals surface area (Å²) in [6.07, 6.45) is 5.79. The first-order chi connectivity index (χ1) is 15.3. The molecule has 1 aliphatic carbocycles. The van der Waals surface area contributed by atoms with Crippen molar-refractivity contribution in [3.8, 4) is 11.1 Å². The number of H-pyrrole nitrogens is 1. The Morgan fingerprint density at radius 1 is 1.09 bits per heavy atom. The van der Waals surface area contributed by atoms with E-state index >= 15 is 0 Å². The van der Waals surface area contributed by atoms with Crippen LogP contribution in [0.15, 0.2) is 32.4 Å². The molecule has 1 saturated carbocycles. The molecule has 3 aromatic rings. The molecule has 0 radical (unpaired) electrons. The van der Waals surface area contributed by atoms with Gasteiger partial charge in [-0.3, -0.25) is 4.79 Å². The zero-order chi connectivity index (χ0) is 22.5. The molecule has 0 bridgehead atoms. The molecule has 5 rings (SSSR count). The number of nitrogens with one attached hydrogen (secondary N) is 2. The molecule has 9 heteroatoms. The lowest BCUT2D eigenvalue weighted by atomic mass is 10.0. The number of aromatic nitrogens is 2. The van der Waals surface area contributed by atoms with Crippen molar-refractivity contribution in [1.82, 2.24) is 14.9 Å². The Labute approximate surface area is 187 Å². The lowest BCUT2D eigenvalue weighted by Gasteiger charge is -2.19. The van der Waals surface area contributed by atoms with Gasteiger partial charge in [-0.15, -0.1) is 0 Å². The first kappa shape index (κ1) is 21.2. The summed E-state index contributed by atoms with van der Waals surface area (Å²) in [6.45, 7) is 5.21. The van der Waals surface area contributed by atoms with Crippen molar-refractivity contribution in [2.24, 2.45) is 0 Å². The van der Waals surface area contributed by atoms with Crippen molar-refractivity contribution in [3.05, 3.63) is 40.0 Å². The van der Waals surface area contributed by atoms with Gasteiger partial charge in [0.05, 0.1) is 16.1 Å². The summed E-state index contributed by atoms with van der Waals surface area (Å²) in [5.74, 6) is 0.602. The Kier molecular flexibility index (Phi) is 5.33. The van der Waals surface area contributed by atoms with Crippen molar-refractivity contribution in [3.63, 3.8) is 0 Å². The lowest BCUT2D eigenvalue weighted by Crippen LogP contribution is -2.33. The number of rotatable bonds is 5. The highest BCUT2D eigenvalue weighted by Gasteiger charge is 2.27. The average molecular weight is 457 g/mol. The number of aromatic amines is 1. The number of sulfonamides is 1. The van der Waals surface area contributed by atoms with Crippen LogP contribution < -0.4 is 15.2 Å². The monoisotopic (exact) mass is 456 g/mol. The van der Waals surface area contributed by atoms with E-state index in [1.54, 1.807) is 19.1 Å². The van der Waals surface area contributed by atoms with Gasteiger partial charge in [0, 0.05) is 30.1 Å². The minimum Gasteiger partial charge on any atom is -0.367 e. The van der Waals surface area contributed by atoms with E-state index in [0.29, 0.717) is 33.6 Å². The molecule has 0 spiro atoms. The zero-order valence-corrected chi connectivity index (χ0v) is 19.2. The summed E-state index contributed by atoms with van der Waals surface area (Å²) in [6, 6.07) is 5.17. The topological polar surface area (TPSA) is 108 Å². The summed E-state index contributed by atoms with van der Waals surface area (Å²) in [5, 5.41) is 4.53. The highest BCUT2D eigenvalue weighted by Crippen LogP contribution is 2.34. The fourth-order valence-corrected chi connectivity index (χ4v) is 6.59. The Morgan fingerprint density at radius 3 is 2.47 bits per heavy atom. The maximum absolute atomic E-state index is 13.6. The number of nitrogens with zero attached hydrogens (tertiary/aromatic N) is 2. The number of anilines is 1. The van der Waals surface area contributed by atoms with Crippen molar-refractivity contribution in [2.75, 3.05) is 18.0 Å². The Balaban J connectivity index is 1.73. The van der Waals surface area contributed by atoms with Gasteiger partial charge in [0.1, 0.15) is 11.4 Å². The SMILES string of the molecule is Cc1noc(C)c1-c1cc(S(=O)(=O)NC2CCCC2)c2cc(N3CCCC3)c(=O)[nH]c2c1. The fourth-order valence-electron chi connectivity index (χ4n) is 5.05. The summed E-state index contributed by atoms with van der Waals surface area (Å²) >= 11 is 0. The third kappa shape index (κ3) is 3.73. The van der Waals surface area contributed by atoms with Crippen LogP contribution in [0, 0.1) is 13.8 Å². The van der Waals surface area contributed by atoms with Crippen LogP contribution in [-0.4, -0.2) is 37.7 Å². The molecule has 0 unspecified atom stereocenters. The number of fused-ring (bicyclic) bond motifs is 1. The van der Waals surface area contributed by atoms with E-state index in [-0.39, 0.29) is 16.5 Å². The Bertz CT molecular complexity index is 1310. The molecule has 1 aromatic carbocycles. The number of aryl methyl sites for hydroxylation is 2. The maximum atomic E-state index is 13.6. The van der Waals surface area contributed by atoms with Gasteiger partial charge in [-0.2, -0.15) is 0 Å². The van der Waals surface area contributed by atoms with Gasteiger partial charge >= 0.3 is 0 Å². The second kappa shape index (κ2) is 8.04. The average Bonchev–Trinajstić information content (AvgIpc) is 3.50. The molecule has 32 heavy (non-hydrogen) atoms. The summed E-state index contributed by atoms with van der Waals surface area (Å²) in [5.41, 5.74) is 2.88. The van der Waals surface area contributed by atoms with E-state index in [4.69, 9.17) is 4.52 Å². The summed E-state index contributed by atoms with van der Waals surface area (Å²) in [7, 11) is -3.80. The quantitative estimate of drug-likeness (QED) is 0.607. The molecular formula is C23H28N4O4S. The van der Waals surface area contributed by atoms with E-state index in [2.05, 4.69) is 14.9 Å². The minimum atomic E-state index is -3.80. The van der Waals surface area contributed by atoms with Gasteiger partial charge in [-0.25, -0.2) is 13.1 Å². The van der Waals surface area contributed by atoms with Crippen LogP contribution in [0.1, 0.15) is 50.0 Å². The van der Waals surface area contributed by atoms with Crippen molar-refractivity contribution in [2.45, 2.75) is 63.3 Å². The van der Waals surface area contributed by atoms with Crippen LogP contribution >= 0.6 is 0 Å². The van der Waals surface area contributed by atoms with Crippen molar-refractivity contribution < 1.29 is 12.9 Å². The van der Waals surface area contributed by atoms with Gasteiger partial charge in [0.2, 0.25) is 10.0 Å². The van der Waals surface area contributed by atoms with Gasteiger partial charge in [0.25, 0.3) is 5.56 Å². The van der Waals surface area contributed by atoms with Crippen LogP contribution in [-0.2, 0) is 10.0 Å². The number of pyridine rings is 1. The van der Waals surface area contributed by atoms with Gasteiger partial charge < -0.3 is 14.4 Å². The van der Waals surface area contributed by atoms with Crippen LogP contribution in [0.5, 0.6) is 0 Å². The number of hydrogen-bond donors (Lipinski definition) is 2. The maximum Gasteiger partial charge on any atom is 0.271 e. The van der Waals surface area contributed by atoms with Gasteiger partial charge in [0.15, 0.2) is 0 Å². The van der Waals surface area contributed by atoms with Crippen molar-refractivity contribution in [1.29, 1.82) is 0 Å². The van der Waals surface area contributed by atoms with Gasteiger partial charge in [-0.1, -0.05) is 18.0 Å². The summed E-state index contributed by atoms with van der Waals surface area (Å²) in [4.78, 5) is 18.0. The number of hydrogen-bond acceptors (Lipinski definition) is 6. The van der Waals surface area contributed by atoms with Crippen molar-refractivity contribution >= 4 is 26.6 Å². The minimum absolute atomic E-state index is 0.0569. The molecule has 0 amide bonds. The molecule has 2 aromatic heterocycles. The molecule has 2 aliphatic rings. The van der Waals surface area contributed by atoms with E-state index in [1.165, 1.54) is 0 Å². The number of benzene rings is 1. The smallest absolute Gasteiger partial charge is 0.271 e. The molecule has 0 atom stereocenters. The molecule has 170 valence electrons. The molecule has 2 fully saturated rings. The predicted molar refractivity (Wildman–Crippen MR) is 124 cm³/mol. The van der Waals surface area contributed by atoms with Crippen LogP contribution in [0.25, 0.3) is 22.0 Å². The normalized spacial score (nSPS) is 17.6. The summed E-state index contributed by atoms with van der Waals surface area (Å²) < 4.78 is 35.3. The first-order valence-electron chi connectivity index (χ1n) is 11.2. The van der Waals surface area contributed by atoms with Crippen LogP contribution in [0.3, 0.4) is 0 Å². The molecule has 2 N–H and O–H groups in total. The van der Waals surface area contributed by atoms with E-state index < -0.39 is 10.0 Å². The first-order valence-corrected chi connectivity index (χ1v) is 12.7. The molecule has 1 aliphatic heterocycles. The van der Waals surface area contributed by atoms with Crippen LogP contribution in [0.4, 0.5) is 5.69 Å². The van der Waals surface area contributed by atoms with E-state index in [9.17, 15) is 13.2 Å². The molecule has 8 nitrogen and oxygen atoms in total. The largest absolute Gasteiger partial charge is 0.367 e. The predicted octanol–water partition coefficient (Wildman–Crippen LogP) is 3.62. The van der Waals surface area contributed by atoms with E-state index in [1.807, 2.05) is 17.9 Å². The molecule has 1 saturated heterocycles. The standard InChI is InChI=1S/C23H28N4O4S/c1-14-22(15(2)31-25-14)16-11-19-18(13-20(23(28)24-19)27-9-5-6-10-27)21(12-16)32(29,30)26-17-7-3-4-8-17/h11-13,17,26H,3-10H2,1-2H3,(H,24,28). The highest BCUT2D eigenvalue weighted by atomic mass is 32.2. The molecular weight excluding hydrogens is 428 g/mol. The zero-order valence-electron chi connectivity index (χ0n) is 18.4.